The van der Waals surface area contributed by atoms with Gasteiger partial charge in [0.2, 0.25) is 11.3 Å². The number of halogens is 1. The van der Waals surface area contributed by atoms with E-state index in [4.69, 9.17) is 4.52 Å². The van der Waals surface area contributed by atoms with Crippen molar-refractivity contribution in [3.05, 3.63) is 52.4 Å². The van der Waals surface area contributed by atoms with E-state index >= 15 is 0 Å². The van der Waals surface area contributed by atoms with E-state index < -0.39 is 0 Å². The molecule has 1 fully saturated rings. The van der Waals surface area contributed by atoms with E-state index in [9.17, 15) is 4.79 Å². The number of nitrogens with zero attached hydrogens (tertiary/aromatic N) is 5. The van der Waals surface area contributed by atoms with E-state index in [1.54, 1.807) is 10.7 Å². The standard InChI is InChI=1S/C16H18N6O2.ClH/c1-21-7-6-17-8-13(21)16-19-15(24-20-16)10-22-12-5-3-2-4-11(12)14(23)9-18-22;/h2-5,9,13,17H,6-8,10H2,1H3;1H. The summed E-state index contributed by atoms with van der Waals surface area (Å²) >= 11 is 0. The van der Waals surface area contributed by atoms with Crippen LogP contribution in [0.5, 0.6) is 0 Å². The second kappa shape index (κ2) is 7.30. The molecule has 3 heterocycles. The lowest BCUT2D eigenvalue weighted by Gasteiger charge is -2.30. The van der Waals surface area contributed by atoms with Gasteiger partial charge in [0.25, 0.3) is 0 Å². The molecule has 0 bridgehead atoms. The molecule has 4 rings (SSSR count). The molecule has 25 heavy (non-hydrogen) atoms. The summed E-state index contributed by atoms with van der Waals surface area (Å²) in [7, 11) is 2.05. The molecule has 1 saturated heterocycles. The summed E-state index contributed by atoms with van der Waals surface area (Å²) in [6, 6.07) is 7.47. The summed E-state index contributed by atoms with van der Waals surface area (Å²) in [5, 5.41) is 12.3. The topological polar surface area (TPSA) is 89.1 Å². The Morgan fingerprint density at radius 1 is 1.36 bits per heavy atom. The molecule has 0 spiro atoms. The highest BCUT2D eigenvalue weighted by molar-refractivity contribution is 5.85. The number of rotatable bonds is 3. The average Bonchev–Trinajstić information content (AvgIpc) is 3.06. The summed E-state index contributed by atoms with van der Waals surface area (Å²) in [5.74, 6) is 1.15. The first-order valence-corrected chi connectivity index (χ1v) is 7.90. The van der Waals surface area contributed by atoms with Crippen LogP contribution in [0, 0.1) is 0 Å². The van der Waals surface area contributed by atoms with E-state index in [0.29, 0.717) is 23.6 Å². The van der Waals surface area contributed by atoms with Gasteiger partial charge in [0.05, 0.1) is 17.8 Å². The SMILES string of the molecule is CN1CCNCC1c1noc(Cn2ncc(=O)c3ccccc32)n1.Cl. The lowest BCUT2D eigenvalue weighted by molar-refractivity contribution is 0.190. The Labute approximate surface area is 150 Å². The van der Waals surface area contributed by atoms with Crippen molar-refractivity contribution in [3.8, 4) is 0 Å². The monoisotopic (exact) mass is 362 g/mol. The first-order chi connectivity index (χ1) is 11.7. The van der Waals surface area contributed by atoms with Crippen molar-refractivity contribution in [2.24, 2.45) is 0 Å². The van der Waals surface area contributed by atoms with Gasteiger partial charge in [0, 0.05) is 25.0 Å². The Balaban J connectivity index is 0.00000182. The van der Waals surface area contributed by atoms with Crippen molar-refractivity contribution in [3.63, 3.8) is 0 Å². The molecule has 1 unspecified atom stereocenters. The highest BCUT2D eigenvalue weighted by Crippen LogP contribution is 2.18. The second-order valence-corrected chi connectivity index (χ2v) is 5.93. The largest absolute Gasteiger partial charge is 0.337 e. The van der Waals surface area contributed by atoms with Crippen molar-refractivity contribution in [2.45, 2.75) is 12.6 Å². The fourth-order valence-corrected chi connectivity index (χ4v) is 2.98. The van der Waals surface area contributed by atoms with Crippen LogP contribution in [0.3, 0.4) is 0 Å². The number of para-hydroxylation sites is 1. The van der Waals surface area contributed by atoms with Gasteiger partial charge in [0.1, 0.15) is 6.54 Å². The Bertz CT molecular complexity index is 924. The molecule has 1 atom stereocenters. The molecule has 0 aliphatic carbocycles. The fourth-order valence-electron chi connectivity index (χ4n) is 2.98. The molecule has 0 amide bonds. The van der Waals surface area contributed by atoms with E-state index in [-0.39, 0.29) is 23.9 Å². The first-order valence-electron chi connectivity index (χ1n) is 7.90. The number of fused-ring (bicyclic) bond motifs is 1. The van der Waals surface area contributed by atoms with Gasteiger partial charge in [-0.3, -0.25) is 14.4 Å². The molecule has 1 aliphatic heterocycles. The molecule has 2 aromatic heterocycles. The first kappa shape index (κ1) is 17.5. The quantitative estimate of drug-likeness (QED) is 0.738. The normalized spacial score (nSPS) is 18.2. The minimum absolute atomic E-state index is 0. The van der Waals surface area contributed by atoms with Crippen LogP contribution >= 0.6 is 12.4 Å². The summed E-state index contributed by atoms with van der Waals surface area (Å²) in [6.45, 7) is 3.04. The van der Waals surface area contributed by atoms with Crippen LogP contribution in [0.25, 0.3) is 10.9 Å². The fraction of sp³-hybridized carbons (Fsp3) is 0.375. The van der Waals surface area contributed by atoms with Crippen molar-refractivity contribution in [2.75, 3.05) is 26.7 Å². The summed E-state index contributed by atoms with van der Waals surface area (Å²) in [4.78, 5) is 18.6. The Morgan fingerprint density at radius 2 is 2.20 bits per heavy atom. The number of nitrogens with one attached hydrogen (secondary N) is 1. The molecule has 9 heteroatoms. The van der Waals surface area contributed by atoms with Crippen LogP contribution in [0.2, 0.25) is 0 Å². The van der Waals surface area contributed by atoms with Crippen LogP contribution < -0.4 is 10.7 Å². The zero-order chi connectivity index (χ0) is 16.5. The van der Waals surface area contributed by atoms with Gasteiger partial charge in [-0.25, -0.2) is 0 Å². The summed E-state index contributed by atoms with van der Waals surface area (Å²) in [5.41, 5.74) is 0.657. The highest BCUT2D eigenvalue weighted by atomic mass is 35.5. The van der Waals surface area contributed by atoms with Crippen LogP contribution in [0.15, 0.2) is 39.8 Å². The predicted molar refractivity (Wildman–Crippen MR) is 94.9 cm³/mol. The third-order valence-electron chi connectivity index (χ3n) is 4.34. The molecule has 1 aromatic carbocycles. The van der Waals surface area contributed by atoms with Crippen LogP contribution in [-0.4, -0.2) is 51.5 Å². The Kier molecular flexibility index (Phi) is 5.12. The smallest absolute Gasteiger partial charge is 0.248 e. The zero-order valence-corrected chi connectivity index (χ0v) is 14.6. The second-order valence-electron chi connectivity index (χ2n) is 5.93. The molecule has 0 saturated carbocycles. The number of benzene rings is 1. The molecule has 1 aliphatic rings. The molecule has 3 aromatic rings. The van der Waals surface area contributed by atoms with Crippen molar-refractivity contribution in [1.29, 1.82) is 0 Å². The maximum absolute atomic E-state index is 11.9. The highest BCUT2D eigenvalue weighted by Gasteiger charge is 2.25. The van der Waals surface area contributed by atoms with Crippen LogP contribution in [-0.2, 0) is 6.54 Å². The van der Waals surface area contributed by atoms with E-state index in [0.717, 1.165) is 25.2 Å². The van der Waals surface area contributed by atoms with Gasteiger partial charge in [-0.15, -0.1) is 12.4 Å². The van der Waals surface area contributed by atoms with Crippen LogP contribution in [0.1, 0.15) is 17.8 Å². The molecule has 0 radical (unpaired) electrons. The number of aromatic nitrogens is 4. The molecule has 8 nitrogen and oxygen atoms in total. The van der Waals surface area contributed by atoms with Gasteiger partial charge < -0.3 is 9.84 Å². The number of hydrogen-bond donors (Lipinski definition) is 1. The predicted octanol–water partition coefficient (Wildman–Crippen LogP) is 0.826. The van der Waals surface area contributed by atoms with Crippen molar-refractivity contribution < 1.29 is 4.52 Å². The van der Waals surface area contributed by atoms with E-state index in [2.05, 4.69) is 32.5 Å². The third-order valence-corrected chi connectivity index (χ3v) is 4.34. The lowest BCUT2D eigenvalue weighted by Crippen LogP contribution is -2.44. The molecule has 132 valence electrons. The third kappa shape index (κ3) is 3.41. The Hall–Kier alpha value is -2.29. The van der Waals surface area contributed by atoms with Crippen molar-refractivity contribution in [1.82, 2.24) is 30.1 Å². The number of hydrogen-bond acceptors (Lipinski definition) is 7. The van der Waals surface area contributed by atoms with E-state index in [1.165, 1.54) is 6.20 Å². The maximum Gasteiger partial charge on any atom is 0.248 e. The summed E-state index contributed by atoms with van der Waals surface area (Å²) < 4.78 is 7.10. The molecule has 1 N–H and O–H groups in total. The van der Waals surface area contributed by atoms with Gasteiger partial charge in [0.15, 0.2) is 5.82 Å². The lowest BCUT2D eigenvalue weighted by atomic mass is 10.2. The number of likely N-dealkylation sites (N-methyl/N-ethyl adjacent to an activating group) is 1. The van der Waals surface area contributed by atoms with Gasteiger partial charge in [-0.05, 0) is 19.2 Å². The van der Waals surface area contributed by atoms with E-state index in [1.807, 2.05) is 18.2 Å². The molecular weight excluding hydrogens is 344 g/mol. The minimum atomic E-state index is -0.0945. The minimum Gasteiger partial charge on any atom is -0.337 e. The zero-order valence-electron chi connectivity index (χ0n) is 13.8. The van der Waals surface area contributed by atoms with Gasteiger partial charge in [-0.1, -0.05) is 17.3 Å². The number of piperazine rings is 1. The van der Waals surface area contributed by atoms with Crippen LogP contribution in [0.4, 0.5) is 0 Å². The maximum atomic E-state index is 11.9. The summed E-state index contributed by atoms with van der Waals surface area (Å²) in [6.07, 6.45) is 1.32. The van der Waals surface area contributed by atoms with Gasteiger partial charge >= 0.3 is 0 Å². The Morgan fingerprint density at radius 3 is 3.04 bits per heavy atom. The van der Waals surface area contributed by atoms with Gasteiger partial charge in [-0.2, -0.15) is 10.1 Å². The average molecular weight is 363 g/mol. The molecular formula is C16H19ClN6O2. The van der Waals surface area contributed by atoms with Crippen molar-refractivity contribution >= 4 is 23.3 Å².